The van der Waals surface area contributed by atoms with Crippen molar-refractivity contribution < 1.29 is 4.79 Å². The van der Waals surface area contributed by atoms with Crippen LogP contribution in [0.5, 0.6) is 0 Å². The molecule has 1 saturated carbocycles. The molecule has 1 N–H and O–H groups in total. The van der Waals surface area contributed by atoms with Crippen LogP contribution in [-0.4, -0.2) is 15.5 Å². The van der Waals surface area contributed by atoms with Gasteiger partial charge in [0.1, 0.15) is 5.82 Å². The number of hydrogen-bond acceptors (Lipinski definition) is 4. The van der Waals surface area contributed by atoms with Crippen LogP contribution >= 0.6 is 23.5 Å². The molecule has 206 valence electrons. The van der Waals surface area contributed by atoms with Gasteiger partial charge in [-0.3, -0.25) is 9.52 Å². The van der Waals surface area contributed by atoms with Gasteiger partial charge in [0.05, 0.1) is 6.54 Å². The molecular formula is C33H35ClN4OS. The number of benzene rings is 3. The summed E-state index contributed by atoms with van der Waals surface area (Å²) >= 11 is 7.85. The third-order valence-electron chi connectivity index (χ3n) is 8.45. The number of imidazole rings is 1. The molecule has 0 bridgehead atoms. The molecule has 4 aromatic rings. The average molecular weight is 571 g/mol. The van der Waals surface area contributed by atoms with Gasteiger partial charge in [-0.15, -0.1) is 0 Å². The number of hydrogen-bond donors (Lipinski definition) is 1. The third-order valence-corrected chi connectivity index (χ3v) is 9.57. The van der Waals surface area contributed by atoms with Gasteiger partial charge in [-0.1, -0.05) is 67.9 Å². The lowest BCUT2D eigenvalue weighted by molar-refractivity contribution is -0.120. The molecule has 40 heavy (non-hydrogen) atoms. The third kappa shape index (κ3) is 5.58. The monoisotopic (exact) mass is 570 g/mol. The summed E-state index contributed by atoms with van der Waals surface area (Å²) in [6, 6.07) is 25.1. The molecular weight excluding hydrogens is 536 g/mol. The first-order chi connectivity index (χ1) is 19.3. The molecule has 0 spiro atoms. The lowest BCUT2D eigenvalue weighted by Crippen LogP contribution is -2.35. The summed E-state index contributed by atoms with van der Waals surface area (Å²) in [5.41, 5.74) is 4.84. The second kappa shape index (κ2) is 11.1. The van der Waals surface area contributed by atoms with Crippen LogP contribution in [0.15, 0.2) is 90.1 Å². The molecule has 1 amide bonds. The van der Waals surface area contributed by atoms with Gasteiger partial charge < -0.3 is 9.47 Å². The van der Waals surface area contributed by atoms with Crippen molar-refractivity contribution in [2.45, 2.75) is 61.9 Å². The zero-order valence-electron chi connectivity index (χ0n) is 23.2. The van der Waals surface area contributed by atoms with E-state index in [1.807, 2.05) is 47.0 Å². The van der Waals surface area contributed by atoms with Gasteiger partial charge in [0.2, 0.25) is 5.91 Å². The second-order valence-corrected chi connectivity index (χ2v) is 13.0. The van der Waals surface area contributed by atoms with Crippen molar-refractivity contribution in [3.8, 4) is 0 Å². The highest BCUT2D eigenvalue weighted by Gasteiger charge is 2.46. The van der Waals surface area contributed by atoms with Crippen molar-refractivity contribution in [2.75, 3.05) is 4.90 Å². The molecule has 7 heteroatoms. The molecule has 1 heterocycles. The van der Waals surface area contributed by atoms with Crippen LogP contribution < -0.4 is 9.62 Å². The molecule has 5 nitrogen and oxygen atoms in total. The van der Waals surface area contributed by atoms with E-state index in [-0.39, 0.29) is 29.2 Å². The maximum Gasteiger partial charge on any atom is 0.231 e. The van der Waals surface area contributed by atoms with Gasteiger partial charge in [0.25, 0.3) is 0 Å². The minimum absolute atomic E-state index is 0.0116. The highest BCUT2D eigenvalue weighted by Crippen LogP contribution is 2.50. The van der Waals surface area contributed by atoms with E-state index in [0.29, 0.717) is 6.54 Å². The summed E-state index contributed by atoms with van der Waals surface area (Å²) in [4.78, 5) is 21.7. The highest BCUT2D eigenvalue weighted by atomic mass is 35.5. The molecule has 3 aromatic carbocycles. The number of nitrogens with zero attached hydrogens (tertiary/aromatic N) is 3. The Balaban J connectivity index is 1.32. The van der Waals surface area contributed by atoms with Crippen molar-refractivity contribution >= 4 is 35.1 Å². The largest absolute Gasteiger partial charge is 0.337 e. The molecule has 3 unspecified atom stereocenters. The SMILES string of the molecule is Cn1ccnc1CN(C(=O)C1CC1c1ccccc1)c1ccc2c(c1)C(NSc1cccc(Cl)c1)CCC2(C)C. The van der Waals surface area contributed by atoms with E-state index in [2.05, 4.69) is 72.1 Å². The first-order valence-corrected chi connectivity index (χ1v) is 15.1. The minimum Gasteiger partial charge on any atom is -0.337 e. The minimum atomic E-state index is -0.0116. The number of fused-ring (bicyclic) bond motifs is 1. The smallest absolute Gasteiger partial charge is 0.231 e. The average Bonchev–Trinajstić information content (AvgIpc) is 3.66. The molecule has 2 aliphatic carbocycles. The van der Waals surface area contributed by atoms with Crippen molar-refractivity contribution in [1.82, 2.24) is 14.3 Å². The Labute approximate surface area is 246 Å². The number of amides is 1. The van der Waals surface area contributed by atoms with Crippen LogP contribution in [0.25, 0.3) is 0 Å². The van der Waals surface area contributed by atoms with Gasteiger partial charge in [-0.2, -0.15) is 0 Å². The van der Waals surface area contributed by atoms with Crippen LogP contribution in [0, 0.1) is 5.92 Å². The number of anilines is 1. The molecule has 0 radical (unpaired) electrons. The lowest BCUT2D eigenvalue weighted by atomic mass is 9.71. The van der Waals surface area contributed by atoms with Crippen molar-refractivity contribution in [3.63, 3.8) is 0 Å². The molecule has 0 aliphatic heterocycles. The van der Waals surface area contributed by atoms with Crippen LogP contribution in [0.2, 0.25) is 5.02 Å². The summed E-state index contributed by atoms with van der Waals surface area (Å²) < 4.78 is 5.71. The summed E-state index contributed by atoms with van der Waals surface area (Å²) in [6.07, 6.45) is 6.72. The summed E-state index contributed by atoms with van der Waals surface area (Å²) in [7, 11) is 1.98. The summed E-state index contributed by atoms with van der Waals surface area (Å²) in [5, 5.41) is 0.733. The van der Waals surface area contributed by atoms with Crippen LogP contribution in [0.1, 0.15) is 67.6 Å². The summed E-state index contributed by atoms with van der Waals surface area (Å²) in [5.74, 6) is 1.30. The number of halogens is 1. The quantitative estimate of drug-likeness (QED) is 0.219. The Kier molecular flexibility index (Phi) is 7.51. The first kappa shape index (κ1) is 27.1. The molecule has 1 aromatic heterocycles. The first-order valence-electron chi connectivity index (χ1n) is 13.9. The Morgan fingerprint density at radius 3 is 2.70 bits per heavy atom. The van der Waals surface area contributed by atoms with Crippen molar-refractivity contribution in [3.05, 3.63) is 113 Å². The molecule has 1 fully saturated rings. The van der Waals surface area contributed by atoms with Gasteiger partial charge >= 0.3 is 0 Å². The fourth-order valence-electron chi connectivity index (χ4n) is 5.93. The standard InChI is InChI=1S/C33H35ClN4OS/c1-33(2)15-14-30(36-40-25-11-7-10-23(34)18-25)28-19-24(12-13-29(28)33)38(21-31-35-16-17-37(31)3)32(39)27-20-26(27)22-8-5-4-6-9-22/h4-13,16-19,26-27,30,36H,14-15,20-21H2,1-3H3. The van der Waals surface area contributed by atoms with E-state index in [1.54, 1.807) is 18.1 Å². The van der Waals surface area contributed by atoms with Gasteiger partial charge in [0, 0.05) is 47.0 Å². The summed E-state index contributed by atoms with van der Waals surface area (Å²) in [6.45, 7) is 5.08. The number of rotatable bonds is 8. The maximum atomic E-state index is 14.1. The predicted molar refractivity (Wildman–Crippen MR) is 164 cm³/mol. The number of carbonyl (C=O) groups excluding carboxylic acids is 1. The topological polar surface area (TPSA) is 50.2 Å². The lowest BCUT2D eigenvalue weighted by Gasteiger charge is -2.38. The fraction of sp³-hybridized carbons (Fsp3) is 0.333. The normalized spacial score (nSPS) is 21.1. The van der Waals surface area contributed by atoms with Crippen LogP contribution in [-0.2, 0) is 23.8 Å². The Morgan fingerprint density at radius 2 is 1.95 bits per heavy atom. The predicted octanol–water partition coefficient (Wildman–Crippen LogP) is 7.82. The maximum absolute atomic E-state index is 14.1. The van der Waals surface area contributed by atoms with E-state index in [0.717, 1.165) is 40.7 Å². The zero-order valence-corrected chi connectivity index (χ0v) is 24.8. The van der Waals surface area contributed by atoms with Gasteiger partial charge in [0.15, 0.2) is 0 Å². The molecule has 2 aliphatic rings. The van der Waals surface area contributed by atoms with E-state index in [4.69, 9.17) is 11.6 Å². The van der Waals surface area contributed by atoms with E-state index in [1.165, 1.54) is 16.7 Å². The Hall–Kier alpha value is -3.06. The van der Waals surface area contributed by atoms with Crippen molar-refractivity contribution in [2.24, 2.45) is 13.0 Å². The van der Waals surface area contributed by atoms with Gasteiger partial charge in [-0.05, 0) is 89.6 Å². The molecule has 6 rings (SSSR count). The highest BCUT2D eigenvalue weighted by molar-refractivity contribution is 7.97. The molecule has 0 saturated heterocycles. The Bertz CT molecular complexity index is 1520. The fourth-order valence-corrected chi connectivity index (χ4v) is 7.04. The molecule has 3 atom stereocenters. The van der Waals surface area contributed by atoms with E-state index >= 15 is 0 Å². The number of carbonyl (C=O) groups is 1. The Morgan fingerprint density at radius 1 is 1.12 bits per heavy atom. The van der Waals surface area contributed by atoms with E-state index < -0.39 is 0 Å². The number of nitrogens with one attached hydrogen (secondary N) is 1. The van der Waals surface area contributed by atoms with E-state index in [9.17, 15) is 4.79 Å². The van der Waals surface area contributed by atoms with Crippen LogP contribution in [0.3, 0.4) is 0 Å². The second-order valence-electron chi connectivity index (χ2n) is 11.7. The number of aromatic nitrogens is 2. The van der Waals surface area contributed by atoms with Crippen LogP contribution in [0.4, 0.5) is 5.69 Å². The number of aryl methyl sites for hydroxylation is 1. The van der Waals surface area contributed by atoms with Crippen molar-refractivity contribution in [1.29, 1.82) is 0 Å². The zero-order chi connectivity index (χ0) is 27.9. The van der Waals surface area contributed by atoms with Gasteiger partial charge in [-0.25, -0.2) is 4.98 Å².